The first-order chi connectivity index (χ1) is 26.6. The molecule has 0 radical (unpaired) electrons. The monoisotopic (exact) mass is 713 g/mol. The number of thiophene rings is 1. The summed E-state index contributed by atoms with van der Waals surface area (Å²) < 4.78 is 2.74. The fourth-order valence-corrected chi connectivity index (χ4v) is 8.19. The first-order valence-corrected chi connectivity index (χ1v) is 19.2. The maximum atomic E-state index is 5.50. The van der Waals surface area contributed by atoms with Gasteiger partial charge in [-0.05, 0) is 93.0 Å². The molecular formula is C52H43NS. The summed E-state index contributed by atoms with van der Waals surface area (Å²) in [5.41, 5.74) is 14.1. The largest absolute Gasteiger partial charge is 0.317 e. The smallest absolute Gasteiger partial charge is 0.0358 e. The van der Waals surface area contributed by atoms with Gasteiger partial charge in [0.05, 0.1) is 0 Å². The molecule has 0 bridgehead atoms. The third kappa shape index (κ3) is 8.15. The van der Waals surface area contributed by atoms with Gasteiger partial charge < -0.3 is 5.41 Å². The predicted octanol–water partition coefficient (Wildman–Crippen LogP) is 15.1. The van der Waals surface area contributed by atoms with E-state index in [1.165, 1.54) is 81.4 Å². The summed E-state index contributed by atoms with van der Waals surface area (Å²) in [6.07, 6.45) is 0. The highest BCUT2D eigenvalue weighted by atomic mass is 32.1. The second-order valence-corrected chi connectivity index (χ2v) is 14.5. The van der Waals surface area contributed by atoms with Crippen LogP contribution in [0.5, 0.6) is 0 Å². The molecule has 0 spiro atoms. The molecule has 0 saturated heterocycles. The van der Waals surface area contributed by atoms with E-state index in [1.54, 1.807) is 0 Å². The van der Waals surface area contributed by atoms with Crippen molar-refractivity contribution in [2.45, 2.75) is 19.8 Å². The molecule has 0 saturated carbocycles. The van der Waals surface area contributed by atoms with Crippen LogP contribution in [0.1, 0.15) is 29.5 Å². The van der Waals surface area contributed by atoms with Crippen molar-refractivity contribution >= 4 is 38.2 Å². The van der Waals surface area contributed by atoms with Gasteiger partial charge in [-0.1, -0.05) is 189 Å². The summed E-state index contributed by atoms with van der Waals surface area (Å²) in [5.74, 6) is 0.379. The molecule has 1 heterocycles. The first-order valence-electron chi connectivity index (χ1n) is 18.3. The second kappa shape index (κ2) is 17.0. The lowest BCUT2D eigenvalue weighted by Gasteiger charge is -2.13. The normalized spacial score (nSPS) is 11.2. The minimum atomic E-state index is 0.379. The van der Waals surface area contributed by atoms with Gasteiger partial charge in [-0.2, -0.15) is 0 Å². The second-order valence-electron chi connectivity index (χ2n) is 13.5. The number of hydrogen-bond donors (Lipinski definition) is 1. The zero-order valence-corrected chi connectivity index (χ0v) is 31.6. The Kier molecular flexibility index (Phi) is 11.3. The van der Waals surface area contributed by atoms with Gasteiger partial charge in [0.15, 0.2) is 0 Å². The third-order valence-corrected chi connectivity index (χ3v) is 11.1. The summed E-state index contributed by atoms with van der Waals surface area (Å²) in [6, 6.07) is 71.9. The fourth-order valence-electron chi connectivity index (χ4n) is 7.03. The third-order valence-electron chi connectivity index (χ3n) is 9.93. The average molecular weight is 714 g/mol. The van der Waals surface area contributed by atoms with Crippen LogP contribution in [-0.2, 0) is 0 Å². The van der Waals surface area contributed by atoms with Crippen molar-refractivity contribution < 1.29 is 0 Å². The van der Waals surface area contributed by atoms with Crippen molar-refractivity contribution in [2.24, 2.45) is 0 Å². The Morgan fingerprint density at radius 2 is 0.759 bits per heavy atom. The van der Waals surface area contributed by atoms with Crippen LogP contribution in [0, 0.1) is 12.3 Å². The van der Waals surface area contributed by atoms with Crippen LogP contribution < -0.4 is 0 Å². The molecule has 0 amide bonds. The highest BCUT2D eigenvalue weighted by molar-refractivity contribution is 7.25. The number of aryl methyl sites for hydroxylation is 1. The minimum absolute atomic E-state index is 0.379. The average Bonchev–Trinajstić information content (AvgIpc) is 3.63. The number of rotatable bonds is 6. The number of fused-ring (bicyclic) bond motifs is 3. The van der Waals surface area contributed by atoms with Crippen molar-refractivity contribution in [3.05, 3.63) is 217 Å². The summed E-state index contributed by atoms with van der Waals surface area (Å²) in [4.78, 5) is 0. The van der Waals surface area contributed by atoms with Crippen LogP contribution >= 0.6 is 11.3 Å². The molecule has 0 aliphatic rings. The lowest BCUT2D eigenvalue weighted by molar-refractivity contribution is 0.925. The van der Waals surface area contributed by atoms with E-state index in [0.29, 0.717) is 5.92 Å². The highest BCUT2D eigenvalue weighted by Crippen LogP contribution is 2.37. The molecule has 0 aliphatic heterocycles. The van der Waals surface area contributed by atoms with Gasteiger partial charge in [0.25, 0.3) is 0 Å². The molecule has 9 aromatic rings. The van der Waals surface area contributed by atoms with Crippen molar-refractivity contribution in [3.63, 3.8) is 0 Å². The summed E-state index contributed by atoms with van der Waals surface area (Å²) in [7, 11) is 0. The highest BCUT2D eigenvalue weighted by Gasteiger charge is 2.12. The Hall–Kier alpha value is -6.35. The van der Waals surface area contributed by atoms with Crippen molar-refractivity contribution in [3.8, 4) is 44.5 Å². The maximum absolute atomic E-state index is 5.50. The van der Waals surface area contributed by atoms with Gasteiger partial charge in [-0.3, -0.25) is 0 Å². The van der Waals surface area contributed by atoms with Gasteiger partial charge in [-0.25, -0.2) is 0 Å². The maximum Gasteiger partial charge on any atom is 0.0358 e. The van der Waals surface area contributed by atoms with E-state index in [2.05, 4.69) is 221 Å². The molecule has 0 aliphatic carbocycles. The Balaban J connectivity index is 0.000000160. The lowest BCUT2D eigenvalue weighted by Crippen LogP contribution is -1.95. The van der Waals surface area contributed by atoms with Crippen LogP contribution in [0.25, 0.3) is 64.7 Å². The standard InChI is InChI=1S/C26H20S.C25H20.CH3N/c1-18(19-11-13-21(14-12-19)20-7-3-2-4-8-20)22-15-16-24-23-9-5-6-10-25(23)27-26(24)17-22;1-19-16-24(21-10-6-3-7-11-21)18-25(17-19)23-14-12-22(13-15-23)20-8-4-2-5-9-20;1-2/h2-18H,1H3;2-18H,1H3;2H,1H2. The molecule has 1 atom stereocenters. The summed E-state index contributed by atoms with van der Waals surface area (Å²) in [5, 5.41) is 8.23. The zero-order chi connectivity index (χ0) is 37.3. The minimum Gasteiger partial charge on any atom is -0.317 e. The van der Waals surface area contributed by atoms with Gasteiger partial charge in [0.2, 0.25) is 0 Å². The van der Waals surface area contributed by atoms with Crippen LogP contribution in [0.15, 0.2) is 200 Å². The van der Waals surface area contributed by atoms with Crippen molar-refractivity contribution in [1.82, 2.24) is 0 Å². The zero-order valence-electron chi connectivity index (χ0n) is 30.7. The quantitative estimate of drug-likeness (QED) is 0.166. The molecular weight excluding hydrogens is 671 g/mol. The fraction of sp³-hybridized carbons (Fsp3) is 0.0577. The van der Waals surface area contributed by atoms with Gasteiger partial charge >= 0.3 is 0 Å². The molecule has 1 unspecified atom stereocenters. The molecule has 8 aromatic carbocycles. The Morgan fingerprint density at radius 3 is 1.30 bits per heavy atom. The number of benzene rings is 8. The lowest BCUT2D eigenvalue weighted by atomic mass is 9.91. The van der Waals surface area contributed by atoms with Crippen molar-refractivity contribution in [2.75, 3.05) is 0 Å². The molecule has 1 aromatic heterocycles. The van der Waals surface area contributed by atoms with Crippen LogP contribution in [0.3, 0.4) is 0 Å². The number of nitrogens with one attached hydrogen (secondary N) is 1. The topological polar surface area (TPSA) is 23.9 Å². The SMILES string of the molecule is C=N.CC(c1ccc(-c2ccccc2)cc1)c1ccc2c(c1)sc1ccccc12.Cc1cc(-c2ccccc2)cc(-c2ccc(-c3ccccc3)cc2)c1. The van der Waals surface area contributed by atoms with E-state index in [-0.39, 0.29) is 0 Å². The Bertz CT molecular complexity index is 2570. The van der Waals surface area contributed by atoms with E-state index < -0.39 is 0 Å². The van der Waals surface area contributed by atoms with Crippen LogP contribution in [0.2, 0.25) is 0 Å². The van der Waals surface area contributed by atoms with Crippen LogP contribution in [-0.4, -0.2) is 6.72 Å². The number of hydrogen-bond acceptors (Lipinski definition) is 2. The Morgan fingerprint density at radius 1 is 0.370 bits per heavy atom. The van der Waals surface area contributed by atoms with E-state index in [9.17, 15) is 0 Å². The first kappa shape index (κ1) is 36.0. The molecule has 9 rings (SSSR count). The van der Waals surface area contributed by atoms with Gasteiger partial charge in [0.1, 0.15) is 0 Å². The molecule has 1 nitrogen and oxygen atoms in total. The van der Waals surface area contributed by atoms with Gasteiger partial charge in [0, 0.05) is 26.1 Å². The van der Waals surface area contributed by atoms with E-state index in [4.69, 9.17) is 5.41 Å². The van der Waals surface area contributed by atoms with Gasteiger partial charge in [-0.15, -0.1) is 11.3 Å². The molecule has 1 N–H and O–H groups in total. The molecule has 0 fully saturated rings. The molecule has 262 valence electrons. The predicted molar refractivity (Wildman–Crippen MR) is 236 cm³/mol. The molecule has 2 heteroatoms. The van der Waals surface area contributed by atoms with E-state index >= 15 is 0 Å². The summed E-state index contributed by atoms with van der Waals surface area (Å²) >= 11 is 1.89. The molecule has 54 heavy (non-hydrogen) atoms. The van der Waals surface area contributed by atoms with E-state index in [0.717, 1.165) is 0 Å². The van der Waals surface area contributed by atoms with Crippen LogP contribution in [0.4, 0.5) is 0 Å². The van der Waals surface area contributed by atoms with Crippen molar-refractivity contribution in [1.29, 1.82) is 5.41 Å². The Labute approximate surface area is 323 Å². The van der Waals surface area contributed by atoms with E-state index in [1.807, 2.05) is 11.3 Å². The summed E-state index contributed by atoms with van der Waals surface area (Å²) in [6.45, 7) is 6.96.